The van der Waals surface area contributed by atoms with E-state index in [2.05, 4.69) is 22.8 Å². The molecular formula is C10H14N3. The van der Waals surface area contributed by atoms with Gasteiger partial charge in [-0.25, -0.2) is 5.32 Å². The van der Waals surface area contributed by atoms with Crippen LogP contribution in [0.25, 0.3) is 0 Å². The van der Waals surface area contributed by atoms with Gasteiger partial charge in [-0.1, -0.05) is 12.1 Å². The van der Waals surface area contributed by atoms with Crippen LogP contribution in [0.2, 0.25) is 0 Å². The summed E-state index contributed by atoms with van der Waals surface area (Å²) >= 11 is 0. The molecule has 1 aliphatic rings. The van der Waals surface area contributed by atoms with Crippen molar-refractivity contribution in [2.24, 2.45) is 0 Å². The normalized spacial score (nSPS) is 22.9. The van der Waals surface area contributed by atoms with Crippen LogP contribution in [0.15, 0.2) is 24.3 Å². The zero-order valence-corrected chi connectivity index (χ0v) is 7.53. The van der Waals surface area contributed by atoms with Gasteiger partial charge < -0.3 is 11.1 Å². The van der Waals surface area contributed by atoms with Gasteiger partial charge in [-0.05, 0) is 17.7 Å². The van der Waals surface area contributed by atoms with E-state index in [0.29, 0.717) is 6.04 Å². The zero-order chi connectivity index (χ0) is 9.10. The van der Waals surface area contributed by atoms with Gasteiger partial charge in [-0.3, -0.25) is 0 Å². The minimum absolute atomic E-state index is 0.314. The van der Waals surface area contributed by atoms with Gasteiger partial charge in [0.25, 0.3) is 0 Å². The van der Waals surface area contributed by atoms with E-state index in [1.165, 1.54) is 5.56 Å². The highest BCUT2D eigenvalue weighted by atomic mass is 15.1. The summed E-state index contributed by atoms with van der Waals surface area (Å²) in [5, 5.41) is 7.85. The lowest BCUT2D eigenvalue weighted by atomic mass is 10.1. The summed E-state index contributed by atoms with van der Waals surface area (Å²) in [6, 6.07) is 8.28. The SMILES string of the molecule is Nc1ccc(C2CNCC[N]2)cc1. The van der Waals surface area contributed by atoms with Crippen molar-refractivity contribution in [1.82, 2.24) is 10.6 Å². The second-order valence-corrected chi connectivity index (χ2v) is 3.29. The van der Waals surface area contributed by atoms with Crippen LogP contribution in [0.3, 0.4) is 0 Å². The van der Waals surface area contributed by atoms with Gasteiger partial charge in [0.1, 0.15) is 0 Å². The molecule has 3 heteroatoms. The van der Waals surface area contributed by atoms with Gasteiger partial charge in [0.05, 0.1) is 6.04 Å². The summed E-state index contributed by atoms with van der Waals surface area (Å²) in [6.07, 6.45) is 0. The molecule has 0 amide bonds. The molecule has 0 spiro atoms. The van der Waals surface area contributed by atoms with Crippen LogP contribution < -0.4 is 16.4 Å². The molecule has 3 N–H and O–H groups in total. The quantitative estimate of drug-likeness (QED) is 0.613. The van der Waals surface area contributed by atoms with Crippen LogP contribution in [-0.4, -0.2) is 19.6 Å². The van der Waals surface area contributed by atoms with Crippen molar-refractivity contribution < 1.29 is 0 Å². The molecule has 1 atom stereocenters. The molecule has 1 saturated heterocycles. The molecular weight excluding hydrogens is 162 g/mol. The molecule has 1 aromatic rings. The third kappa shape index (κ3) is 1.99. The Labute approximate surface area is 78.3 Å². The van der Waals surface area contributed by atoms with Gasteiger partial charge in [0.2, 0.25) is 0 Å². The molecule has 69 valence electrons. The van der Waals surface area contributed by atoms with Crippen molar-refractivity contribution in [3.63, 3.8) is 0 Å². The number of benzene rings is 1. The lowest BCUT2D eigenvalue weighted by Crippen LogP contribution is -2.38. The van der Waals surface area contributed by atoms with Crippen molar-refractivity contribution in [3.05, 3.63) is 29.8 Å². The number of nitrogen functional groups attached to an aromatic ring is 1. The highest BCUT2D eigenvalue weighted by molar-refractivity contribution is 5.40. The molecule has 1 aromatic carbocycles. The smallest absolute Gasteiger partial charge is 0.0620 e. The number of rotatable bonds is 1. The van der Waals surface area contributed by atoms with Crippen molar-refractivity contribution >= 4 is 5.69 Å². The molecule has 1 radical (unpaired) electrons. The van der Waals surface area contributed by atoms with Gasteiger partial charge in [-0.15, -0.1) is 0 Å². The summed E-state index contributed by atoms with van der Waals surface area (Å²) in [5.74, 6) is 0. The largest absolute Gasteiger partial charge is 0.399 e. The maximum atomic E-state index is 5.61. The minimum Gasteiger partial charge on any atom is -0.399 e. The Bertz CT molecular complexity index is 262. The number of piperazine rings is 1. The Morgan fingerprint density at radius 1 is 1.31 bits per heavy atom. The first-order valence-electron chi connectivity index (χ1n) is 4.59. The number of hydrogen-bond donors (Lipinski definition) is 2. The Kier molecular flexibility index (Phi) is 2.47. The van der Waals surface area contributed by atoms with Crippen molar-refractivity contribution in [2.45, 2.75) is 6.04 Å². The molecule has 0 bridgehead atoms. The predicted molar refractivity (Wildman–Crippen MR) is 53.5 cm³/mol. The molecule has 3 nitrogen and oxygen atoms in total. The average Bonchev–Trinajstić information content (AvgIpc) is 2.20. The van der Waals surface area contributed by atoms with Gasteiger partial charge in [-0.2, -0.15) is 0 Å². The minimum atomic E-state index is 0.314. The maximum Gasteiger partial charge on any atom is 0.0620 e. The molecule has 0 aliphatic carbocycles. The van der Waals surface area contributed by atoms with E-state index in [-0.39, 0.29) is 0 Å². The summed E-state index contributed by atoms with van der Waals surface area (Å²) in [4.78, 5) is 0. The first-order valence-corrected chi connectivity index (χ1v) is 4.59. The fourth-order valence-corrected chi connectivity index (χ4v) is 1.54. The highest BCUT2D eigenvalue weighted by Crippen LogP contribution is 2.16. The Morgan fingerprint density at radius 2 is 2.08 bits per heavy atom. The highest BCUT2D eigenvalue weighted by Gasteiger charge is 2.14. The topological polar surface area (TPSA) is 52.1 Å². The summed E-state index contributed by atoms with van der Waals surface area (Å²) in [5.41, 5.74) is 7.67. The van der Waals surface area contributed by atoms with Crippen LogP contribution >= 0.6 is 0 Å². The number of hydrogen-bond acceptors (Lipinski definition) is 2. The molecule has 1 fully saturated rings. The standard InChI is InChI=1S/C10H14N3/c11-9-3-1-8(2-4-9)10-7-12-5-6-13-10/h1-4,10,12H,5-7,11H2. The fraction of sp³-hybridized carbons (Fsp3) is 0.400. The molecule has 1 unspecified atom stereocenters. The number of anilines is 1. The van der Waals surface area contributed by atoms with Crippen LogP contribution in [0.1, 0.15) is 11.6 Å². The Balaban J connectivity index is 2.10. The molecule has 1 aliphatic heterocycles. The summed E-state index contributed by atoms with van der Waals surface area (Å²) in [7, 11) is 0. The van der Waals surface area contributed by atoms with E-state index >= 15 is 0 Å². The van der Waals surface area contributed by atoms with Gasteiger partial charge >= 0.3 is 0 Å². The number of nitrogens with one attached hydrogen (secondary N) is 1. The van der Waals surface area contributed by atoms with E-state index in [9.17, 15) is 0 Å². The molecule has 0 saturated carbocycles. The number of nitrogens with zero attached hydrogens (tertiary/aromatic N) is 1. The van der Waals surface area contributed by atoms with Crippen molar-refractivity contribution in [1.29, 1.82) is 0 Å². The second-order valence-electron chi connectivity index (χ2n) is 3.29. The summed E-state index contributed by atoms with van der Waals surface area (Å²) in [6.45, 7) is 2.87. The van der Waals surface area contributed by atoms with Crippen LogP contribution in [0, 0.1) is 0 Å². The molecule has 2 rings (SSSR count). The predicted octanol–water partition coefficient (Wildman–Crippen LogP) is 0.517. The average molecular weight is 176 g/mol. The Morgan fingerprint density at radius 3 is 2.69 bits per heavy atom. The van der Waals surface area contributed by atoms with Crippen LogP contribution in [-0.2, 0) is 0 Å². The molecule has 0 aromatic heterocycles. The molecule has 1 heterocycles. The van der Waals surface area contributed by atoms with Gasteiger partial charge in [0, 0.05) is 25.3 Å². The first kappa shape index (κ1) is 8.53. The fourth-order valence-electron chi connectivity index (χ4n) is 1.54. The van der Waals surface area contributed by atoms with Crippen molar-refractivity contribution in [2.75, 3.05) is 25.4 Å². The van der Waals surface area contributed by atoms with Crippen molar-refractivity contribution in [3.8, 4) is 0 Å². The maximum absolute atomic E-state index is 5.61. The Hall–Kier alpha value is -1.06. The van der Waals surface area contributed by atoms with E-state index in [1.54, 1.807) is 0 Å². The number of nitrogens with two attached hydrogens (primary N) is 1. The first-order chi connectivity index (χ1) is 6.36. The van der Waals surface area contributed by atoms with Crippen LogP contribution in [0.5, 0.6) is 0 Å². The lowest BCUT2D eigenvalue weighted by molar-refractivity contribution is 0.421. The third-order valence-corrected chi connectivity index (χ3v) is 2.30. The monoisotopic (exact) mass is 176 g/mol. The lowest BCUT2D eigenvalue weighted by Gasteiger charge is -2.22. The van der Waals surface area contributed by atoms with E-state index in [1.807, 2.05) is 12.1 Å². The van der Waals surface area contributed by atoms with Crippen LogP contribution in [0.4, 0.5) is 5.69 Å². The van der Waals surface area contributed by atoms with E-state index in [0.717, 1.165) is 25.3 Å². The van der Waals surface area contributed by atoms with E-state index in [4.69, 9.17) is 5.73 Å². The second kappa shape index (κ2) is 3.77. The molecule has 13 heavy (non-hydrogen) atoms. The summed E-state index contributed by atoms with van der Waals surface area (Å²) < 4.78 is 0. The zero-order valence-electron chi connectivity index (χ0n) is 7.53. The third-order valence-electron chi connectivity index (χ3n) is 2.30. The van der Waals surface area contributed by atoms with E-state index < -0.39 is 0 Å². The van der Waals surface area contributed by atoms with Gasteiger partial charge in [0.15, 0.2) is 0 Å².